The number of nitrogens with zero attached hydrogens (tertiary/aromatic N) is 2. The Labute approximate surface area is 111 Å². The Hall–Kier alpha value is -2.30. The molecule has 5 nitrogen and oxygen atoms in total. The summed E-state index contributed by atoms with van der Waals surface area (Å²) in [5, 5.41) is 3.28. The van der Waals surface area contributed by atoms with Gasteiger partial charge in [0, 0.05) is 18.3 Å². The Morgan fingerprint density at radius 1 is 1.16 bits per heavy atom. The largest absolute Gasteiger partial charge is 0.454 e. The maximum absolute atomic E-state index is 5.35. The zero-order valence-electron chi connectivity index (χ0n) is 10.7. The van der Waals surface area contributed by atoms with Crippen molar-refractivity contribution >= 4 is 5.82 Å². The molecule has 0 unspecified atom stereocenters. The van der Waals surface area contributed by atoms with Gasteiger partial charge in [0.15, 0.2) is 11.5 Å². The van der Waals surface area contributed by atoms with E-state index in [0.29, 0.717) is 13.3 Å². The Morgan fingerprint density at radius 2 is 2.05 bits per heavy atom. The molecule has 0 fully saturated rings. The topological polar surface area (TPSA) is 56.3 Å². The summed E-state index contributed by atoms with van der Waals surface area (Å²) in [6, 6.07) is 7.89. The van der Waals surface area contributed by atoms with Crippen LogP contribution in [-0.2, 0) is 13.0 Å². The average Bonchev–Trinajstić information content (AvgIpc) is 2.93. The van der Waals surface area contributed by atoms with Gasteiger partial charge in [-0.15, -0.1) is 0 Å². The zero-order chi connectivity index (χ0) is 13.1. The minimum atomic E-state index is 0.304. The smallest absolute Gasteiger partial charge is 0.231 e. The van der Waals surface area contributed by atoms with Crippen LogP contribution in [0.15, 0.2) is 30.6 Å². The van der Waals surface area contributed by atoms with Crippen LogP contribution in [0, 0.1) is 0 Å². The second-order valence-electron chi connectivity index (χ2n) is 4.29. The van der Waals surface area contributed by atoms with Gasteiger partial charge in [-0.2, -0.15) is 0 Å². The first kappa shape index (κ1) is 11.8. The van der Waals surface area contributed by atoms with Gasteiger partial charge in [-0.25, -0.2) is 9.97 Å². The molecule has 0 bridgehead atoms. The van der Waals surface area contributed by atoms with Crippen molar-refractivity contribution in [3.63, 3.8) is 0 Å². The van der Waals surface area contributed by atoms with Crippen LogP contribution >= 0.6 is 0 Å². The fourth-order valence-corrected chi connectivity index (χ4v) is 1.93. The molecule has 1 aliphatic rings. The summed E-state index contributed by atoms with van der Waals surface area (Å²) in [4.78, 5) is 8.37. The predicted molar refractivity (Wildman–Crippen MR) is 71.3 cm³/mol. The Morgan fingerprint density at radius 3 is 2.95 bits per heavy atom. The maximum Gasteiger partial charge on any atom is 0.231 e. The van der Waals surface area contributed by atoms with E-state index in [4.69, 9.17) is 9.47 Å². The van der Waals surface area contributed by atoms with Crippen LogP contribution < -0.4 is 14.8 Å². The van der Waals surface area contributed by atoms with E-state index in [1.807, 2.05) is 24.3 Å². The zero-order valence-corrected chi connectivity index (χ0v) is 10.7. The van der Waals surface area contributed by atoms with Gasteiger partial charge in [0.2, 0.25) is 6.79 Å². The normalized spacial score (nSPS) is 12.5. The first-order valence-corrected chi connectivity index (χ1v) is 6.28. The van der Waals surface area contributed by atoms with Crippen molar-refractivity contribution in [1.29, 1.82) is 0 Å². The van der Waals surface area contributed by atoms with Crippen LogP contribution in [0.25, 0.3) is 0 Å². The summed E-state index contributed by atoms with van der Waals surface area (Å²) in [7, 11) is 0. The highest BCUT2D eigenvalue weighted by Gasteiger charge is 2.12. The lowest BCUT2D eigenvalue weighted by Crippen LogP contribution is -2.02. The number of fused-ring (bicyclic) bond motifs is 1. The highest BCUT2D eigenvalue weighted by Crippen LogP contribution is 2.32. The molecule has 5 heteroatoms. The molecule has 3 rings (SSSR count). The number of benzene rings is 1. The summed E-state index contributed by atoms with van der Waals surface area (Å²) < 4.78 is 10.6. The van der Waals surface area contributed by atoms with Crippen LogP contribution in [0.2, 0.25) is 0 Å². The molecule has 2 heterocycles. The average molecular weight is 257 g/mol. The maximum atomic E-state index is 5.35. The van der Waals surface area contributed by atoms with Crippen molar-refractivity contribution in [3.8, 4) is 11.5 Å². The summed E-state index contributed by atoms with van der Waals surface area (Å²) in [5.74, 6) is 2.44. The van der Waals surface area contributed by atoms with Crippen LogP contribution in [0.4, 0.5) is 5.82 Å². The van der Waals surface area contributed by atoms with Crippen molar-refractivity contribution in [2.75, 3.05) is 12.1 Å². The number of ether oxygens (including phenoxy) is 2. The summed E-state index contributed by atoms with van der Waals surface area (Å²) in [6.45, 7) is 3.07. The summed E-state index contributed by atoms with van der Waals surface area (Å²) in [5.41, 5.74) is 2.16. The third kappa shape index (κ3) is 2.59. The number of aromatic nitrogens is 2. The first-order chi connectivity index (χ1) is 9.35. The van der Waals surface area contributed by atoms with Crippen molar-refractivity contribution in [1.82, 2.24) is 9.97 Å². The van der Waals surface area contributed by atoms with Gasteiger partial charge in [-0.1, -0.05) is 13.0 Å². The summed E-state index contributed by atoms with van der Waals surface area (Å²) in [6.07, 6.45) is 2.49. The highest BCUT2D eigenvalue weighted by molar-refractivity contribution is 5.45. The Kier molecular flexibility index (Phi) is 3.18. The molecule has 0 saturated carbocycles. The van der Waals surface area contributed by atoms with E-state index in [2.05, 4.69) is 22.2 Å². The molecule has 0 spiro atoms. The fourth-order valence-electron chi connectivity index (χ4n) is 1.93. The molecule has 0 atom stereocenters. The molecule has 1 aromatic heterocycles. The van der Waals surface area contributed by atoms with Crippen LogP contribution in [0.1, 0.15) is 18.2 Å². The fraction of sp³-hybridized carbons (Fsp3) is 0.286. The van der Waals surface area contributed by atoms with E-state index in [0.717, 1.165) is 35.0 Å². The molecule has 1 N–H and O–H groups in total. The van der Waals surface area contributed by atoms with E-state index >= 15 is 0 Å². The monoisotopic (exact) mass is 257 g/mol. The molecule has 0 aliphatic carbocycles. The van der Waals surface area contributed by atoms with Gasteiger partial charge < -0.3 is 14.8 Å². The second kappa shape index (κ2) is 5.14. The lowest BCUT2D eigenvalue weighted by Gasteiger charge is -2.07. The van der Waals surface area contributed by atoms with E-state index in [1.165, 1.54) is 0 Å². The molecule has 0 amide bonds. The number of nitrogens with one attached hydrogen (secondary N) is 1. The third-order valence-corrected chi connectivity index (χ3v) is 3.00. The minimum Gasteiger partial charge on any atom is -0.454 e. The molecular weight excluding hydrogens is 242 g/mol. The molecule has 0 saturated heterocycles. The van der Waals surface area contributed by atoms with E-state index < -0.39 is 0 Å². The summed E-state index contributed by atoms with van der Waals surface area (Å²) >= 11 is 0. The molecule has 2 aromatic rings. The van der Waals surface area contributed by atoms with Crippen molar-refractivity contribution in [2.45, 2.75) is 19.9 Å². The van der Waals surface area contributed by atoms with Gasteiger partial charge in [0.25, 0.3) is 0 Å². The number of aryl methyl sites for hydroxylation is 1. The molecule has 1 aromatic carbocycles. The SMILES string of the molecule is CCc1cc(NCc2ccc3c(c2)OCO3)ncn1. The molecule has 1 aliphatic heterocycles. The Bertz CT molecular complexity index is 587. The quantitative estimate of drug-likeness (QED) is 0.911. The van der Waals surface area contributed by atoms with Gasteiger partial charge in [-0.3, -0.25) is 0 Å². The lowest BCUT2D eigenvalue weighted by atomic mass is 10.2. The first-order valence-electron chi connectivity index (χ1n) is 6.28. The van der Waals surface area contributed by atoms with E-state index in [-0.39, 0.29) is 0 Å². The predicted octanol–water partition coefficient (Wildman–Crippen LogP) is 2.38. The van der Waals surface area contributed by atoms with Gasteiger partial charge >= 0.3 is 0 Å². The van der Waals surface area contributed by atoms with Crippen molar-refractivity contribution in [2.24, 2.45) is 0 Å². The van der Waals surface area contributed by atoms with Crippen LogP contribution in [0.3, 0.4) is 0 Å². The Balaban J connectivity index is 1.68. The van der Waals surface area contributed by atoms with Crippen LogP contribution in [-0.4, -0.2) is 16.8 Å². The molecule has 98 valence electrons. The minimum absolute atomic E-state index is 0.304. The number of hydrogen-bond donors (Lipinski definition) is 1. The van der Waals surface area contributed by atoms with Gasteiger partial charge in [0.05, 0.1) is 0 Å². The van der Waals surface area contributed by atoms with E-state index in [1.54, 1.807) is 6.33 Å². The van der Waals surface area contributed by atoms with Crippen molar-refractivity contribution < 1.29 is 9.47 Å². The van der Waals surface area contributed by atoms with Gasteiger partial charge in [0.1, 0.15) is 12.1 Å². The van der Waals surface area contributed by atoms with Crippen LogP contribution in [0.5, 0.6) is 11.5 Å². The number of anilines is 1. The molecule has 19 heavy (non-hydrogen) atoms. The lowest BCUT2D eigenvalue weighted by molar-refractivity contribution is 0.174. The van der Waals surface area contributed by atoms with E-state index in [9.17, 15) is 0 Å². The molecule has 0 radical (unpaired) electrons. The standard InChI is InChI=1S/C14H15N3O2/c1-2-11-6-14(17-8-16-11)15-7-10-3-4-12-13(5-10)19-9-18-12/h3-6,8H,2,7,9H2,1H3,(H,15,16,17). The molecular formula is C14H15N3O2. The second-order valence-corrected chi connectivity index (χ2v) is 4.29. The number of rotatable bonds is 4. The van der Waals surface area contributed by atoms with Crippen molar-refractivity contribution in [3.05, 3.63) is 41.9 Å². The highest BCUT2D eigenvalue weighted by atomic mass is 16.7. The van der Waals surface area contributed by atoms with Gasteiger partial charge in [-0.05, 0) is 24.1 Å². The third-order valence-electron chi connectivity index (χ3n) is 3.00. The number of hydrogen-bond acceptors (Lipinski definition) is 5.